The van der Waals surface area contributed by atoms with Gasteiger partial charge in [0, 0.05) is 0 Å². The molecule has 0 bridgehead atoms. The van der Waals surface area contributed by atoms with E-state index >= 15 is 0 Å². The highest BCUT2D eigenvalue weighted by Crippen LogP contribution is 2.22. The van der Waals surface area contributed by atoms with Gasteiger partial charge < -0.3 is 0 Å². The molecular formula is C16H14N2OS. The Morgan fingerprint density at radius 1 is 1.20 bits per heavy atom. The number of thiophene rings is 1. The van der Waals surface area contributed by atoms with Gasteiger partial charge >= 0.3 is 0 Å². The van der Waals surface area contributed by atoms with Gasteiger partial charge in [-0.1, -0.05) is 25.1 Å². The lowest BCUT2D eigenvalue weighted by molar-refractivity contribution is 0.103. The van der Waals surface area contributed by atoms with Gasteiger partial charge in [0.05, 0.1) is 16.8 Å². The first-order valence-corrected chi connectivity index (χ1v) is 7.39. The number of hydrogen-bond donors (Lipinski definition) is 0. The zero-order chi connectivity index (χ0) is 13.9. The summed E-state index contributed by atoms with van der Waals surface area (Å²) in [6.45, 7) is 2.06. The van der Waals surface area contributed by atoms with Crippen molar-refractivity contribution in [1.29, 1.82) is 0 Å². The summed E-state index contributed by atoms with van der Waals surface area (Å²) < 4.78 is 1.70. The predicted octanol–water partition coefficient (Wildman–Crippen LogP) is 3.73. The first-order valence-electron chi connectivity index (χ1n) is 6.51. The highest BCUT2D eigenvalue weighted by molar-refractivity contribution is 7.12. The molecule has 0 aliphatic carbocycles. The fraction of sp³-hybridized carbons (Fsp3) is 0.125. The van der Waals surface area contributed by atoms with E-state index in [9.17, 15) is 4.79 Å². The molecule has 0 amide bonds. The predicted molar refractivity (Wildman–Crippen MR) is 80.7 cm³/mol. The lowest BCUT2D eigenvalue weighted by atomic mass is 10.1. The van der Waals surface area contributed by atoms with Crippen LogP contribution in [0.4, 0.5) is 0 Å². The standard InChI is InChI=1S/C16H14N2OS/c1-2-12-9-11-20-16(12)15(19)14-8-10-17-18(14)13-6-4-3-5-7-13/h3-11H,2H2,1H3. The molecule has 4 heteroatoms. The molecule has 0 aliphatic rings. The second kappa shape index (κ2) is 5.43. The SMILES string of the molecule is CCc1ccsc1C(=O)c1ccnn1-c1ccccc1. The quantitative estimate of drug-likeness (QED) is 0.683. The van der Waals surface area contributed by atoms with E-state index in [1.807, 2.05) is 41.8 Å². The number of aryl methyl sites for hydroxylation is 1. The Hall–Kier alpha value is -2.20. The van der Waals surface area contributed by atoms with Gasteiger partial charge in [-0.25, -0.2) is 4.68 Å². The summed E-state index contributed by atoms with van der Waals surface area (Å²) in [7, 11) is 0. The van der Waals surface area contributed by atoms with E-state index in [-0.39, 0.29) is 5.78 Å². The minimum Gasteiger partial charge on any atom is -0.286 e. The van der Waals surface area contributed by atoms with Crippen LogP contribution in [0.15, 0.2) is 54.0 Å². The van der Waals surface area contributed by atoms with Crippen LogP contribution in [-0.4, -0.2) is 15.6 Å². The van der Waals surface area contributed by atoms with E-state index in [2.05, 4.69) is 12.0 Å². The third-order valence-electron chi connectivity index (χ3n) is 3.21. The van der Waals surface area contributed by atoms with Gasteiger partial charge in [-0.05, 0) is 41.6 Å². The van der Waals surface area contributed by atoms with Crippen molar-refractivity contribution in [1.82, 2.24) is 9.78 Å². The average Bonchev–Trinajstić information content (AvgIpc) is 3.16. The minimum absolute atomic E-state index is 0.0400. The molecule has 3 nitrogen and oxygen atoms in total. The molecule has 0 saturated heterocycles. The van der Waals surface area contributed by atoms with Gasteiger partial charge in [-0.15, -0.1) is 11.3 Å². The summed E-state index contributed by atoms with van der Waals surface area (Å²) in [6, 6.07) is 13.5. The number of nitrogens with zero attached hydrogens (tertiary/aromatic N) is 2. The summed E-state index contributed by atoms with van der Waals surface area (Å²) in [6.07, 6.45) is 2.53. The fourth-order valence-electron chi connectivity index (χ4n) is 2.18. The molecule has 1 aromatic carbocycles. The van der Waals surface area contributed by atoms with E-state index in [1.54, 1.807) is 16.9 Å². The third kappa shape index (κ3) is 2.18. The van der Waals surface area contributed by atoms with Crippen molar-refractivity contribution in [3.8, 4) is 5.69 Å². The number of ketones is 1. The number of aromatic nitrogens is 2. The van der Waals surface area contributed by atoms with Gasteiger partial charge in [0.2, 0.25) is 5.78 Å². The highest BCUT2D eigenvalue weighted by atomic mass is 32.1. The van der Waals surface area contributed by atoms with E-state index in [1.165, 1.54) is 11.3 Å². The molecule has 2 heterocycles. The molecule has 3 aromatic rings. The normalized spacial score (nSPS) is 10.7. The lowest BCUT2D eigenvalue weighted by Gasteiger charge is -2.06. The van der Waals surface area contributed by atoms with Gasteiger partial charge in [-0.3, -0.25) is 4.79 Å². The summed E-state index contributed by atoms with van der Waals surface area (Å²) in [5, 5.41) is 6.24. The maximum atomic E-state index is 12.7. The summed E-state index contributed by atoms with van der Waals surface area (Å²) >= 11 is 1.49. The Morgan fingerprint density at radius 2 is 2.00 bits per heavy atom. The Morgan fingerprint density at radius 3 is 2.75 bits per heavy atom. The topological polar surface area (TPSA) is 34.9 Å². The van der Waals surface area contributed by atoms with E-state index in [0.717, 1.165) is 22.5 Å². The lowest BCUT2D eigenvalue weighted by Crippen LogP contribution is -2.10. The van der Waals surface area contributed by atoms with Gasteiger partial charge in [0.15, 0.2) is 0 Å². The molecule has 0 aliphatic heterocycles. The van der Waals surface area contributed by atoms with Crippen LogP contribution in [0.1, 0.15) is 27.9 Å². The van der Waals surface area contributed by atoms with Crippen LogP contribution in [0.25, 0.3) is 5.69 Å². The molecule has 0 atom stereocenters. The van der Waals surface area contributed by atoms with E-state index < -0.39 is 0 Å². The second-order valence-corrected chi connectivity index (χ2v) is 5.34. The Balaban J connectivity index is 2.04. The number of hydrogen-bond acceptors (Lipinski definition) is 3. The maximum Gasteiger partial charge on any atom is 0.221 e. The molecule has 2 aromatic heterocycles. The molecule has 0 saturated carbocycles. The van der Waals surface area contributed by atoms with Crippen molar-refractivity contribution in [2.75, 3.05) is 0 Å². The fourth-order valence-corrected chi connectivity index (χ4v) is 3.12. The Bertz CT molecular complexity index is 728. The number of rotatable bonds is 4. The minimum atomic E-state index is 0.0400. The first kappa shape index (κ1) is 12.8. The number of carbonyl (C=O) groups is 1. The van der Waals surface area contributed by atoms with Crippen molar-refractivity contribution < 1.29 is 4.79 Å². The maximum absolute atomic E-state index is 12.7. The molecule has 0 N–H and O–H groups in total. The second-order valence-electron chi connectivity index (χ2n) is 4.42. The zero-order valence-electron chi connectivity index (χ0n) is 11.1. The van der Waals surface area contributed by atoms with Crippen LogP contribution in [0.5, 0.6) is 0 Å². The molecule has 0 fully saturated rings. The molecular weight excluding hydrogens is 268 g/mol. The van der Waals surface area contributed by atoms with Crippen LogP contribution in [0.3, 0.4) is 0 Å². The first-order chi connectivity index (χ1) is 9.81. The van der Waals surface area contributed by atoms with Crippen molar-refractivity contribution in [2.24, 2.45) is 0 Å². The Kier molecular flexibility index (Phi) is 3.48. The molecule has 0 radical (unpaired) electrons. The van der Waals surface area contributed by atoms with Crippen LogP contribution < -0.4 is 0 Å². The van der Waals surface area contributed by atoms with Gasteiger partial charge in [0.1, 0.15) is 5.69 Å². The largest absolute Gasteiger partial charge is 0.286 e. The molecule has 3 rings (SSSR count). The molecule has 0 unspecified atom stereocenters. The van der Waals surface area contributed by atoms with Gasteiger partial charge in [0.25, 0.3) is 0 Å². The summed E-state index contributed by atoms with van der Waals surface area (Å²) in [4.78, 5) is 13.5. The van der Waals surface area contributed by atoms with Crippen LogP contribution in [-0.2, 0) is 6.42 Å². The summed E-state index contributed by atoms with van der Waals surface area (Å²) in [5.74, 6) is 0.0400. The van der Waals surface area contributed by atoms with E-state index in [4.69, 9.17) is 0 Å². The number of para-hydroxylation sites is 1. The Labute approximate surface area is 121 Å². The molecule has 20 heavy (non-hydrogen) atoms. The van der Waals surface area contributed by atoms with E-state index in [0.29, 0.717) is 5.69 Å². The highest BCUT2D eigenvalue weighted by Gasteiger charge is 2.19. The van der Waals surface area contributed by atoms with Crippen LogP contribution in [0, 0.1) is 0 Å². The van der Waals surface area contributed by atoms with Crippen molar-refractivity contribution in [3.63, 3.8) is 0 Å². The number of carbonyl (C=O) groups excluding carboxylic acids is 1. The molecule has 100 valence electrons. The van der Waals surface area contributed by atoms with Crippen molar-refractivity contribution in [3.05, 3.63) is 70.2 Å². The van der Waals surface area contributed by atoms with Crippen molar-refractivity contribution >= 4 is 17.1 Å². The smallest absolute Gasteiger partial charge is 0.221 e. The van der Waals surface area contributed by atoms with Crippen LogP contribution >= 0.6 is 11.3 Å². The monoisotopic (exact) mass is 282 g/mol. The molecule has 0 spiro atoms. The van der Waals surface area contributed by atoms with Crippen LogP contribution in [0.2, 0.25) is 0 Å². The third-order valence-corrected chi connectivity index (χ3v) is 4.17. The van der Waals surface area contributed by atoms with Gasteiger partial charge in [-0.2, -0.15) is 5.10 Å². The number of benzene rings is 1. The van der Waals surface area contributed by atoms with Crippen molar-refractivity contribution in [2.45, 2.75) is 13.3 Å². The zero-order valence-corrected chi connectivity index (χ0v) is 11.9. The summed E-state index contributed by atoms with van der Waals surface area (Å²) in [5.41, 5.74) is 2.60. The average molecular weight is 282 g/mol.